The van der Waals surface area contributed by atoms with E-state index in [-0.39, 0.29) is 18.5 Å². The maximum absolute atomic E-state index is 12.7. The number of anilines is 2. The van der Waals surface area contributed by atoms with Crippen LogP contribution in [0.3, 0.4) is 0 Å². The number of likely N-dealkylation sites (N-methyl/N-ethyl adjacent to an activating group) is 1. The fraction of sp³-hybridized carbons (Fsp3) is 0.619. The summed E-state index contributed by atoms with van der Waals surface area (Å²) >= 11 is 0. The second kappa shape index (κ2) is 9.78. The summed E-state index contributed by atoms with van der Waals surface area (Å²) in [7, 11) is 0. The van der Waals surface area contributed by atoms with E-state index in [4.69, 9.17) is 0 Å². The molecule has 1 aromatic rings. The van der Waals surface area contributed by atoms with Crippen LogP contribution in [-0.2, 0) is 4.79 Å². The van der Waals surface area contributed by atoms with Gasteiger partial charge in [-0.25, -0.2) is 4.79 Å². The lowest BCUT2D eigenvalue weighted by Gasteiger charge is -2.35. The molecule has 7 heteroatoms. The van der Waals surface area contributed by atoms with Crippen LogP contribution in [0.1, 0.15) is 26.7 Å². The summed E-state index contributed by atoms with van der Waals surface area (Å²) in [6.07, 6.45) is 1.76. The Morgan fingerprint density at radius 3 is 2.57 bits per heavy atom. The van der Waals surface area contributed by atoms with Gasteiger partial charge in [0.25, 0.3) is 0 Å². The lowest BCUT2D eigenvalue weighted by atomic mass is 10.2. The molecule has 2 heterocycles. The standard InChI is InChI=1S/C21H33N5O2/c1-3-9-25-10-6-11-26(17-20(25)27)21(28)22-18-7-5-8-19(16-18)24-14-12-23(4-2)13-15-24/h5,7-8,16H,3-4,6,9-15,17H2,1-2H3,(H,22,28). The largest absolute Gasteiger partial charge is 0.369 e. The molecule has 1 N–H and O–H groups in total. The summed E-state index contributed by atoms with van der Waals surface area (Å²) in [4.78, 5) is 33.4. The van der Waals surface area contributed by atoms with Crippen molar-refractivity contribution >= 4 is 23.3 Å². The molecule has 2 aliphatic rings. The average molecular weight is 388 g/mol. The average Bonchev–Trinajstić information content (AvgIpc) is 2.90. The Labute approximate surface area is 168 Å². The molecule has 3 rings (SSSR count). The van der Waals surface area contributed by atoms with Crippen LogP contribution in [0.5, 0.6) is 0 Å². The van der Waals surface area contributed by atoms with Gasteiger partial charge in [-0.3, -0.25) is 4.79 Å². The number of urea groups is 1. The molecule has 0 radical (unpaired) electrons. The van der Waals surface area contributed by atoms with Crippen LogP contribution in [-0.4, -0.2) is 85.5 Å². The number of rotatable bonds is 5. The lowest BCUT2D eigenvalue weighted by Crippen LogP contribution is -2.46. The molecule has 0 atom stereocenters. The minimum absolute atomic E-state index is 0.0389. The normalized spacial score (nSPS) is 18.9. The first-order valence-electron chi connectivity index (χ1n) is 10.5. The van der Waals surface area contributed by atoms with E-state index in [2.05, 4.69) is 35.0 Å². The zero-order valence-corrected chi connectivity index (χ0v) is 17.2. The highest BCUT2D eigenvalue weighted by atomic mass is 16.2. The molecule has 1 aromatic carbocycles. The maximum atomic E-state index is 12.7. The summed E-state index contributed by atoms with van der Waals surface area (Å²) in [6.45, 7) is 11.7. The van der Waals surface area contributed by atoms with E-state index in [0.29, 0.717) is 6.54 Å². The number of benzene rings is 1. The van der Waals surface area contributed by atoms with Crippen molar-refractivity contribution in [3.8, 4) is 0 Å². The minimum atomic E-state index is -0.195. The monoisotopic (exact) mass is 387 g/mol. The smallest absolute Gasteiger partial charge is 0.322 e. The molecule has 0 aliphatic carbocycles. The van der Waals surface area contributed by atoms with Crippen LogP contribution in [0.4, 0.5) is 16.2 Å². The number of piperazine rings is 1. The Bertz CT molecular complexity index is 673. The van der Waals surface area contributed by atoms with Crippen LogP contribution in [0.2, 0.25) is 0 Å². The van der Waals surface area contributed by atoms with E-state index in [0.717, 1.165) is 70.0 Å². The zero-order chi connectivity index (χ0) is 19.9. The molecular weight excluding hydrogens is 354 g/mol. The van der Waals surface area contributed by atoms with E-state index in [9.17, 15) is 9.59 Å². The van der Waals surface area contributed by atoms with Crippen molar-refractivity contribution < 1.29 is 9.59 Å². The number of carbonyl (C=O) groups excluding carboxylic acids is 2. The molecule has 0 unspecified atom stereocenters. The molecule has 28 heavy (non-hydrogen) atoms. The first-order chi connectivity index (χ1) is 13.6. The van der Waals surface area contributed by atoms with Crippen LogP contribution >= 0.6 is 0 Å². The van der Waals surface area contributed by atoms with Gasteiger partial charge in [0.1, 0.15) is 6.54 Å². The first-order valence-corrected chi connectivity index (χ1v) is 10.5. The Kier molecular flexibility index (Phi) is 7.14. The highest BCUT2D eigenvalue weighted by Gasteiger charge is 2.24. The van der Waals surface area contributed by atoms with Gasteiger partial charge in [0.2, 0.25) is 5.91 Å². The first kappa shape index (κ1) is 20.5. The SMILES string of the molecule is CCCN1CCCN(C(=O)Nc2cccc(N3CCN(CC)CC3)c2)CC1=O. The fourth-order valence-corrected chi connectivity index (χ4v) is 3.90. The number of nitrogens with zero attached hydrogens (tertiary/aromatic N) is 4. The van der Waals surface area contributed by atoms with E-state index >= 15 is 0 Å². The van der Waals surface area contributed by atoms with Gasteiger partial charge in [0.05, 0.1) is 0 Å². The molecule has 154 valence electrons. The van der Waals surface area contributed by atoms with Gasteiger partial charge in [0.15, 0.2) is 0 Å². The van der Waals surface area contributed by atoms with Crippen molar-refractivity contribution in [1.29, 1.82) is 0 Å². The number of hydrogen-bond acceptors (Lipinski definition) is 4. The van der Waals surface area contributed by atoms with Gasteiger partial charge >= 0.3 is 6.03 Å². The molecule has 2 aliphatic heterocycles. The van der Waals surface area contributed by atoms with E-state index in [1.165, 1.54) is 0 Å². The van der Waals surface area contributed by atoms with E-state index in [1.54, 1.807) is 4.90 Å². The van der Waals surface area contributed by atoms with Crippen molar-refractivity contribution in [3.05, 3.63) is 24.3 Å². The number of amides is 3. The second-order valence-corrected chi connectivity index (χ2v) is 7.56. The molecule has 0 spiro atoms. The van der Waals surface area contributed by atoms with Crippen molar-refractivity contribution in [2.75, 3.05) is 69.1 Å². The zero-order valence-electron chi connectivity index (χ0n) is 17.2. The van der Waals surface area contributed by atoms with Gasteiger partial charge in [-0.05, 0) is 37.6 Å². The quantitative estimate of drug-likeness (QED) is 0.842. The van der Waals surface area contributed by atoms with Gasteiger partial charge < -0.3 is 24.9 Å². The minimum Gasteiger partial charge on any atom is -0.369 e. The summed E-state index contributed by atoms with van der Waals surface area (Å²) in [5.41, 5.74) is 1.91. The summed E-state index contributed by atoms with van der Waals surface area (Å²) in [5, 5.41) is 2.99. The predicted molar refractivity (Wildman–Crippen MR) is 113 cm³/mol. The molecule has 0 saturated carbocycles. The third-order valence-electron chi connectivity index (χ3n) is 5.60. The lowest BCUT2D eigenvalue weighted by molar-refractivity contribution is -0.130. The fourth-order valence-electron chi connectivity index (χ4n) is 3.90. The summed E-state index contributed by atoms with van der Waals surface area (Å²) < 4.78 is 0. The predicted octanol–water partition coefficient (Wildman–Crippen LogP) is 2.30. The molecule has 2 fully saturated rings. The topological polar surface area (TPSA) is 59.1 Å². The van der Waals surface area contributed by atoms with Crippen molar-refractivity contribution in [2.45, 2.75) is 26.7 Å². The van der Waals surface area contributed by atoms with Gasteiger partial charge in [-0.2, -0.15) is 0 Å². The van der Waals surface area contributed by atoms with Gasteiger partial charge in [0, 0.05) is 57.2 Å². The molecule has 7 nitrogen and oxygen atoms in total. The molecule has 2 saturated heterocycles. The Balaban J connectivity index is 1.59. The van der Waals surface area contributed by atoms with Gasteiger partial charge in [-0.1, -0.05) is 19.9 Å². The summed E-state index contributed by atoms with van der Waals surface area (Å²) in [6, 6.07) is 7.82. The number of hydrogen-bond donors (Lipinski definition) is 1. The molecule has 0 bridgehead atoms. The van der Waals surface area contributed by atoms with Crippen LogP contribution < -0.4 is 10.2 Å². The van der Waals surface area contributed by atoms with Crippen molar-refractivity contribution in [2.24, 2.45) is 0 Å². The third-order valence-corrected chi connectivity index (χ3v) is 5.60. The van der Waals surface area contributed by atoms with Crippen molar-refractivity contribution in [3.63, 3.8) is 0 Å². The molecule has 3 amide bonds. The highest BCUT2D eigenvalue weighted by Crippen LogP contribution is 2.21. The Hall–Kier alpha value is -2.28. The number of carbonyl (C=O) groups is 2. The van der Waals surface area contributed by atoms with Gasteiger partial charge in [-0.15, -0.1) is 0 Å². The second-order valence-electron chi connectivity index (χ2n) is 7.56. The van der Waals surface area contributed by atoms with Crippen LogP contribution in [0.25, 0.3) is 0 Å². The Morgan fingerprint density at radius 1 is 1.07 bits per heavy atom. The summed E-state index contributed by atoms with van der Waals surface area (Å²) in [5.74, 6) is 0.0389. The maximum Gasteiger partial charge on any atom is 0.322 e. The van der Waals surface area contributed by atoms with Crippen molar-refractivity contribution in [1.82, 2.24) is 14.7 Å². The number of nitrogens with one attached hydrogen (secondary N) is 1. The van der Waals surface area contributed by atoms with Crippen LogP contribution in [0, 0.1) is 0 Å². The van der Waals surface area contributed by atoms with E-state index < -0.39 is 0 Å². The van der Waals surface area contributed by atoms with E-state index in [1.807, 2.05) is 23.1 Å². The molecular formula is C21H33N5O2. The third kappa shape index (κ3) is 5.16. The Morgan fingerprint density at radius 2 is 1.86 bits per heavy atom. The van der Waals surface area contributed by atoms with Crippen LogP contribution in [0.15, 0.2) is 24.3 Å². The highest BCUT2D eigenvalue weighted by molar-refractivity contribution is 5.93. The molecule has 0 aromatic heterocycles.